The van der Waals surface area contributed by atoms with E-state index in [-0.39, 0.29) is 18.2 Å². The van der Waals surface area contributed by atoms with Gasteiger partial charge in [-0.2, -0.15) is 0 Å². The van der Waals surface area contributed by atoms with Crippen LogP contribution in [0.5, 0.6) is 0 Å². The molecule has 0 fully saturated rings. The Morgan fingerprint density at radius 1 is 1.45 bits per heavy atom. The van der Waals surface area contributed by atoms with Gasteiger partial charge in [-0.1, -0.05) is 0 Å². The summed E-state index contributed by atoms with van der Waals surface area (Å²) in [4.78, 5) is 17.1. The Bertz CT molecular complexity index is 440. The normalized spacial score (nSPS) is 14.7. The molecule has 6 heteroatoms. The molecule has 0 spiro atoms. The molecule has 0 bridgehead atoms. The molecule has 114 valence electrons. The molecular weight excluding hydrogens is 274 g/mol. The Balaban J connectivity index is 2.33. The van der Waals surface area contributed by atoms with Crippen LogP contribution in [0.15, 0.2) is 6.20 Å². The molecule has 2 N–H and O–H groups in total. The zero-order valence-corrected chi connectivity index (χ0v) is 13.9. The highest BCUT2D eigenvalue weighted by atomic mass is 32.1. The van der Waals surface area contributed by atoms with E-state index in [1.807, 2.05) is 40.8 Å². The van der Waals surface area contributed by atoms with Crippen LogP contribution in [0.3, 0.4) is 0 Å². The van der Waals surface area contributed by atoms with Crippen molar-refractivity contribution in [2.24, 2.45) is 0 Å². The quantitative estimate of drug-likeness (QED) is 0.877. The number of aryl methyl sites for hydroxylation is 1. The predicted molar refractivity (Wildman–Crippen MR) is 82.1 cm³/mol. The van der Waals surface area contributed by atoms with Crippen molar-refractivity contribution in [2.45, 2.75) is 59.2 Å². The minimum Gasteiger partial charge on any atom is -0.444 e. The fourth-order valence-corrected chi connectivity index (χ4v) is 2.47. The zero-order chi connectivity index (χ0) is 15.3. The third-order valence-electron chi connectivity index (χ3n) is 2.50. The lowest BCUT2D eigenvalue weighted by atomic mass is 10.2. The average Bonchev–Trinajstić information content (AvgIpc) is 2.71. The maximum Gasteiger partial charge on any atom is 0.407 e. The number of alkyl carbamates (subject to hydrolysis) is 1. The number of rotatable bonds is 5. The van der Waals surface area contributed by atoms with Crippen LogP contribution >= 0.6 is 11.3 Å². The van der Waals surface area contributed by atoms with Crippen molar-refractivity contribution >= 4 is 17.4 Å². The number of amides is 1. The first-order chi connectivity index (χ1) is 9.17. The van der Waals surface area contributed by atoms with Gasteiger partial charge in [0.1, 0.15) is 10.6 Å². The maximum atomic E-state index is 11.6. The van der Waals surface area contributed by atoms with E-state index in [0.717, 1.165) is 5.01 Å². The van der Waals surface area contributed by atoms with E-state index in [9.17, 15) is 4.79 Å². The van der Waals surface area contributed by atoms with Crippen LogP contribution in [0, 0.1) is 6.92 Å². The Kier molecular flexibility index (Phi) is 5.95. The van der Waals surface area contributed by atoms with Gasteiger partial charge in [-0.3, -0.25) is 0 Å². The fourth-order valence-electron chi connectivity index (χ4n) is 1.68. The summed E-state index contributed by atoms with van der Waals surface area (Å²) in [7, 11) is 0. The molecule has 0 aliphatic heterocycles. The lowest BCUT2D eigenvalue weighted by Gasteiger charge is -2.22. The van der Waals surface area contributed by atoms with E-state index >= 15 is 0 Å². The number of nitrogens with zero attached hydrogens (tertiary/aromatic N) is 1. The molecule has 1 aromatic heterocycles. The molecule has 0 aliphatic carbocycles. The lowest BCUT2D eigenvalue weighted by Crippen LogP contribution is -2.41. The molecule has 0 radical (unpaired) electrons. The van der Waals surface area contributed by atoms with Gasteiger partial charge in [0, 0.05) is 23.7 Å². The summed E-state index contributed by atoms with van der Waals surface area (Å²) in [5, 5.41) is 7.23. The Morgan fingerprint density at radius 3 is 2.60 bits per heavy atom. The summed E-state index contributed by atoms with van der Waals surface area (Å²) in [5.41, 5.74) is -0.466. The molecule has 0 saturated carbocycles. The van der Waals surface area contributed by atoms with Crippen LogP contribution in [0.1, 0.15) is 50.5 Å². The summed E-state index contributed by atoms with van der Waals surface area (Å²) in [6.45, 7) is 12.2. The second-order valence-corrected chi connectivity index (χ2v) is 7.25. The average molecular weight is 299 g/mol. The molecule has 1 aromatic rings. The number of carbonyl (C=O) groups excluding carboxylic acids is 1. The van der Waals surface area contributed by atoms with E-state index < -0.39 is 5.60 Å². The third kappa shape index (κ3) is 6.34. The molecule has 0 aliphatic rings. The summed E-state index contributed by atoms with van der Waals surface area (Å²) in [6.07, 6.45) is 1.49. The summed E-state index contributed by atoms with van der Waals surface area (Å²) in [5.74, 6) is 0. The number of thiazole rings is 1. The van der Waals surface area contributed by atoms with Gasteiger partial charge < -0.3 is 15.4 Å². The molecule has 1 amide bonds. The zero-order valence-electron chi connectivity index (χ0n) is 13.1. The van der Waals surface area contributed by atoms with Crippen LogP contribution in [0.25, 0.3) is 0 Å². The monoisotopic (exact) mass is 299 g/mol. The first kappa shape index (κ1) is 16.9. The largest absolute Gasteiger partial charge is 0.444 e. The van der Waals surface area contributed by atoms with Gasteiger partial charge in [-0.15, -0.1) is 11.3 Å². The predicted octanol–water partition coefficient (Wildman–Crippen LogP) is 3.02. The molecule has 1 heterocycles. The van der Waals surface area contributed by atoms with Crippen molar-refractivity contribution in [3.05, 3.63) is 16.1 Å². The van der Waals surface area contributed by atoms with E-state index in [1.54, 1.807) is 11.3 Å². The van der Waals surface area contributed by atoms with E-state index in [1.165, 1.54) is 4.88 Å². The van der Waals surface area contributed by atoms with Crippen LogP contribution in [0.2, 0.25) is 0 Å². The number of aromatic nitrogens is 1. The van der Waals surface area contributed by atoms with Crippen molar-refractivity contribution in [3.8, 4) is 0 Å². The second kappa shape index (κ2) is 7.04. The van der Waals surface area contributed by atoms with Gasteiger partial charge >= 0.3 is 6.09 Å². The second-order valence-electron chi connectivity index (χ2n) is 5.98. The van der Waals surface area contributed by atoms with Crippen molar-refractivity contribution in [1.29, 1.82) is 0 Å². The van der Waals surface area contributed by atoms with Crippen LogP contribution in [-0.2, 0) is 4.74 Å². The Hall–Kier alpha value is -1.14. The minimum absolute atomic E-state index is 0.140. The van der Waals surface area contributed by atoms with E-state index in [2.05, 4.69) is 22.5 Å². The highest BCUT2D eigenvalue weighted by Gasteiger charge is 2.17. The smallest absolute Gasteiger partial charge is 0.407 e. The topological polar surface area (TPSA) is 63.2 Å². The standard InChI is InChI=1S/C14H25N3O2S/c1-9(7-16-13(18)19-14(4,5)6)17-11(3)12-15-8-10(2)20-12/h8-9,11,17H,7H2,1-6H3,(H,16,18). The molecule has 2 atom stereocenters. The minimum atomic E-state index is -0.466. The van der Waals surface area contributed by atoms with Crippen LogP contribution in [-0.4, -0.2) is 29.3 Å². The Labute approximate surface area is 125 Å². The van der Waals surface area contributed by atoms with Gasteiger partial charge in [0.25, 0.3) is 0 Å². The van der Waals surface area contributed by atoms with Gasteiger partial charge in [0.15, 0.2) is 0 Å². The maximum absolute atomic E-state index is 11.6. The van der Waals surface area contributed by atoms with Gasteiger partial charge in [-0.25, -0.2) is 9.78 Å². The summed E-state index contributed by atoms with van der Waals surface area (Å²) in [6, 6.07) is 0.311. The SMILES string of the molecule is Cc1cnc(C(C)NC(C)CNC(=O)OC(C)(C)C)s1. The highest BCUT2D eigenvalue weighted by molar-refractivity contribution is 7.11. The van der Waals surface area contributed by atoms with Gasteiger partial charge in [0.2, 0.25) is 0 Å². The van der Waals surface area contributed by atoms with Crippen LogP contribution < -0.4 is 10.6 Å². The molecule has 0 saturated heterocycles. The van der Waals surface area contributed by atoms with Crippen molar-refractivity contribution < 1.29 is 9.53 Å². The molecule has 5 nitrogen and oxygen atoms in total. The number of nitrogens with one attached hydrogen (secondary N) is 2. The molecule has 2 unspecified atom stereocenters. The van der Waals surface area contributed by atoms with Crippen LogP contribution in [0.4, 0.5) is 4.79 Å². The van der Waals surface area contributed by atoms with Gasteiger partial charge in [0.05, 0.1) is 6.04 Å². The number of carbonyl (C=O) groups is 1. The van der Waals surface area contributed by atoms with E-state index in [4.69, 9.17) is 4.74 Å². The highest BCUT2D eigenvalue weighted by Crippen LogP contribution is 2.19. The Morgan fingerprint density at radius 2 is 2.10 bits per heavy atom. The number of hydrogen-bond acceptors (Lipinski definition) is 5. The fraction of sp³-hybridized carbons (Fsp3) is 0.714. The lowest BCUT2D eigenvalue weighted by molar-refractivity contribution is 0.0522. The molecule has 0 aromatic carbocycles. The third-order valence-corrected chi connectivity index (χ3v) is 3.59. The number of ether oxygens (including phenoxy) is 1. The van der Waals surface area contributed by atoms with Gasteiger partial charge in [-0.05, 0) is 41.5 Å². The first-order valence-corrected chi connectivity index (χ1v) is 7.64. The summed E-state index contributed by atoms with van der Waals surface area (Å²) < 4.78 is 5.19. The van der Waals surface area contributed by atoms with Crippen molar-refractivity contribution in [3.63, 3.8) is 0 Å². The van der Waals surface area contributed by atoms with Crippen molar-refractivity contribution in [1.82, 2.24) is 15.6 Å². The first-order valence-electron chi connectivity index (χ1n) is 6.82. The molecular formula is C14H25N3O2S. The summed E-state index contributed by atoms with van der Waals surface area (Å²) >= 11 is 1.68. The molecule has 1 rings (SSSR count). The molecule has 20 heavy (non-hydrogen) atoms. The van der Waals surface area contributed by atoms with Crippen molar-refractivity contribution in [2.75, 3.05) is 6.54 Å². The number of hydrogen-bond donors (Lipinski definition) is 2. The van der Waals surface area contributed by atoms with E-state index in [0.29, 0.717) is 6.54 Å².